The van der Waals surface area contributed by atoms with Crippen LogP contribution in [0.15, 0.2) is 21.8 Å². The van der Waals surface area contributed by atoms with E-state index in [0.29, 0.717) is 12.0 Å². The third kappa shape index (κ3) is 2.55. The lowest BCUT2D eigenvalue weighted by Crippen LogP contribution is -1.94. The zero-order valence-electron chi connectivity index (χ0n) is 7.29. The summed E-state index contributed by atoms with van der Waals surface area (Å²) >= 11 is 0. The van der Waals surface area contributed by atoms with Crippen LogP contribution in [0.4, 0.5) is 3.89 Å². The molecule has 5 heteroatoms. The molecule has 0 aliphatic carbocycles. The van der Waals surface area contributed by atoms with Crippen molar-refractivity contribution in [3.63, 3.8) is 0 Å². The van der Waals surface area contributed by atoms with E-state index in [-0.39, 0.29) is 0 Å². The van der Waals surface area contributed by atoms with Crippen LogP contribution in [-0.4, -0.2) is 8.42 Å². The molecule has 0 aliphatic rings. The lowest BCUT2D eigenvalue weighted by atomic mass is 10.2. The molecule has 0 radical (unpaired) electrons. The zero-order chi connectivity index (χ0) is 9.90. The van der Waals surface area contributed by atoms with Crippen molar-refractivity contribution in [1.29, 1.82) is 0 Å². The molecule has 1 rings (SSSR count). The van der Waals surface area contributed by atoms with Gasteiger partial charge in [0.1, 0.15) is 0 Å². The van der Waals surface area contributed by atoms with Crippen molar-refractivity contribution in [2.75, 3.05) is 0 Å². The molecule has 1 aromatic heterocycles. The molecule has 0 amide bonds. The largest absolute Gasteiger partial charge is 0.450 e. The molecule has 0 saturated carbocycles. The highest BCUT2D eigenvalue weighted by Crippen LogP contribution is 2.20. The molecule has 13 heavy (non-hydrogen) atoms. The average molecular weight is 206 g/mol. The van der Waals surface area contributed by atoms with Crippen molar-refractivity contribution in [1.82, 2.24) is 0 Å². The maximum atomic E-state index is 12.5. The Morgan fingerprint density at radius 2 is 2.23 bits per heavy atom. The first kappa shape index (κ1) is 10.2. The predicted octanol–water partition coefficient (Wildman–Crippen LogP) is 2.28. The van der Waals surface area contributed by atoms with Crippen LogP contribution in [0.3, 0.4) is 0 Å². The van der Waals surface area contributed by atoms with Gasteiger partial charge in [0, 0.05) is 5.56 Å². The van der Waals surface area contributed by atoms with Gasteiger partial charge in [-0.05, 0) is 18.9 Å². The molecule has 0 saturated heterocycles. The van der Waals surface area contributed by atoms with Crippen LogP contribution >= 0.6 is 0 Å². The van der Waals surface area contributed by atoms with Gasteiger partial charge in [0.25, 0.3) is 5.09 Å². The molecule has 74 valence electrons. The second-order valence-electron chi connectivity index (χ2n) is 2.77. The molecule has 3 nitrogen and oxygen atoms in total. The molecular formula is C8H11FO3S. The minimum Gasteiger partial charge on any atom is -0.450 e. The van der Waals surface area contributed by atoms with Crippen LogP contribution in [-0.2, 0) is 16.6 Å². The summed E-state index contributed by atoms with van der Waals surface area (Å²) in [5.41, 5.74) is 0.421. The van der Waals surface area contributed by atoms with Gasteiger partial charge in [-0.25, -0.2) is 0 Å². The van der Waals surface area contributed by atoms with Gasteiger partial charge in [-0.3, -0.25) is 0 Å². The minimum absolute atomic E-state index is 0.421. The summed E-state index contributed by atoms with van der Waals surface area (Å²) in [7, 11) is -4.69. The second-order valence-corrected chi connectivity index (χ2v) is 4.02. The number of unbranched alkanes of at least 4 members (excludes halogenated alkanes) is 1. The van der Waals surface area contributed by atoms with E-state index in [9.17, 15) is 12.3 Å². The lowest BCUT2D eigenvalue weighted by molar-refractivity contribution is 0.428. The zero-order valence-corrected chi connectivity index (χ0v) is 8.10. The number of furan rings is 1. The first-order chi connectivity index (χ1) is 6.05. The summed E-state index contributed by atoms with van der Waals surface area (Å²) in [4.78, 5) is 0. The summed E-state index contributed by atoms with van der Waals surface area (Å²) in [6.07, 6.45) is 3.47. The van der Waals surface area contributed by atoms with Crippen molar-refractivity contribution in [2.24, 2.45) is 0 Å². The maximum Gasteiger partial charge on any atom is 0.366 e. The van der Waals surface area contributed by atoms with Crippen molar-refractivity contribution in [2.45, 2.75) is 31.3 Å². The summed E-state index contributed by atoms with van der Waals surface area (Å²) in [6.45, 7) is 1.98. The van der Waals surface area contributed by atoms with E-state index < -0.39 is 15.3 Å². The van der Waals surface area contributed by atoms with Gasteiger partial charge in [-0.15, -0.1) is 0 Å². The van der Waals surface area contributed by atoms with Crippen LogP contribution < -0.4 is 0 Å². The van der Waals surface area contributed by atoms with Crippen molar-refractivity contribution in [3.05, 3.63) is 17.9 Å². The Morgan fingerprint density at radius 1 is 1.54 bits per heavy atom. The fourth-order valence-electron chi connectivity index (χ4n) is 1.09. The van der Waals surface area contributed by atoms with E-state index in [2.05, 4.69) is 4.42 Å². The molecule has 0 spiro atoms. The van der Waals surface area contributed by atoms with E-state index in [0.717, 1.165) is 12.8 Å². The lowest BCUT2D eigenvalue weighted by Gasteiger charge is -1.96. The molecule has 0 aromatic carbocycles. The third-order valence-electron chi connectivity index (χ3n) is 1.73. The number of halogens is 1. The molecule has 0 N–H and O–H groups in total. The van der Waals surface area contributed by atoms with Gasteiger partial charge in [0.05, 0.1) is 6.26 Å². The summed E-state index contributed by atoms with van der Waals surface area (Å²) in [6, 6.07) is 1.49. The van der Waals surface area contributed by atoms with Crippen molar-refractivity contribution < 1.29 is 16.7 Å². The molecule has 0 bridgehead atoms. The highest BCUT2D eigenvalue weighted by atomic mass is 32.3. The van der Waals surface area contributed by atoms with Crippen LogP contribution in [0.2, 0.25) is 0 Å². The predicted molar refractivity (Wildman–Crippen MR) is 45.6 cm³/mol. The van der Waals surface area contributed by atoms with Crippen molar-refractivity contribution in [3.8, 4) is 0 Å². The Balaban J connectivity index is 2.90. The molecular weight excluding hydrogens is 195 g/mol. The van der Waals surface area contributed by atoms with Crippen molar-refractivity contribution >= 4 is 10.2 Å². The van der Waals surface area contributed by atoms with Gasteiger partial charge >= 0.3 is 10.2 Å². The van der Waals surface area contributed by atoms with Gasteiger partial charge in [-0.2, -0.15) is 8.42 Å². The number of hydrogen-bond acceptors (Lipinski definition) is 3. The third-order valence-corrected chi connectivity index (χ3v) is 2.53. The Labute approximate surface area is 76.8 Å². The van der Waals surface area contributed by atoms with Gasteiger partial charge in [0.2, 0.25) is 0 Å². The van der Waals surface area contributed by atoms with E-state index in [4.69, 9.17) is 0 Å². The molecule has 0 atom stereocenters. The fraction of sp³-hybridized carbons (Fsp3) is 0.500. The normalized spacial score (nSPS) is 11.8. The Hall–Kier alpha value is -0.840. The standard InChI is InChI=1S/C8H11FO3S/c1-2-3-4-7-5-6-12-8(7)13(9,10)11/h5-6H,2-4H2,1H3. The molecule has 1 heterocycles. The fourth-order valence-corrected chi connectivity index (χ4v) is 1.74. The quantitative estimate of drug-likeness (QED) is 0.710. The monoisotopic (exact) mass is 206 g/mol. The Bertz CT molecular complexity index is 366. The molecule has 0 unspecified atom stereocenters. The van der Waals surface area contributed by atoms with Crippen LogP contribution in [0.25, 0.3) is 0 Å². The van der Waals surface area contributed by atoms with Gasteiger partial charge in [-0.1, -0.05) is 17.2 Å². The van der Waals surface area contributed by atoms with Gasteiger partial charge in [0.15, 0.2) is 0 Å². The first-order valence-corrected chi connectivity index (χ1v) is 5.45. The average Bonchev–Trinajstić information content (AvgIpc) is 2.47. The van der Waals surface area contributed by atoms with E-state index >= 15 is 0 Å². The number of aryl methyl sites for hydroxylation is 1. The van der Waals surface area contributed by atoms with E-state index in [1.165, 1.54) is 12.3 Å². The summed E-state index contributed by atoms with van der Waals surface area (Å²) in [5, 5.41) is -0.541. The SMILES string of the molecule is CCCCc1ccoc1S(=O)(=O)F. The Kier molecular flexibility index (Phi) is 3.08. The molecule has 1 aromatic rings. The molecule has 0 fully saturated rings. The summed E-state index contributed by atoms with van der Waals surface area (Å²) < 4.78 is 38.1. The topological polar surface area (TPSA) is 47.3 Å². The number of hydrogen-bond donors (Lipinski definition) is 0. The number of rotatable bonds is 4. The minimum atomic E-state index is -4.69. The van der Waals surface area contributed by atoms with Crippen LogP contribution in [0.1, 0.15) is 25.3 Å². The smallest absolute Gasteiger partial charge is 0.366 e. The van der Waals surface area contributed by atoms with Crippen LogP contribution in [0.5, 0.6) is 0 Å². The van der Waals surface area contributed by atoms with Crippen LogP contribution in [0, 0.1) is 0 Å². The Morgan fingerprint density at radius 3 is 2.77 bits per heavy atom. The highest BCUT2D eigenvalue weighted by molar-refractivity contribution is 7.86. The van der Waals surface area contributed by atoms with Gasteiger partial charge < -0.3 is 4.42 Å². The maximum absolute atomic E-state index is 12.5. The first-order valence-electron chi connectivity index (χ1n) is 4.06. The second kappa shape index (κ2) is 3.91. The summed E-state index contributed by atoms with van der Waals surface area (Å²) in [5.74, 6) is 0. The van der Waals surface area contributed by atoms with E-state index in [1.807, 2.05) is 6.92 Å². The highest BCUT2D eigenvalue weighted by Gasteiger charge is 2.20. The molecule has 0 aliphatic heterocycles. The van der Waals surface area contributed by atoms with E-state index in [1.54, 1.807) is 0 Å².